The Balaban J connectivity index is 1.78. The molecule has 0 radical (unpaired) electrons. The van der Waals surface area contributed by atoms with Crippen LogP contribution >= 0.6 is 0 Å². The number of nitrogens with zero attached hydrogens (tertiary/aromatic N) is 2. The maximum absolute atomic E-state index is 12.9. The molecule has 1 N–H and O–H groups in total. The predicted octanol–water partition coefficient (Wildman–Crippen LogP) is 2.26. The SMILES string of the molecule is Cc1cnn(CCNCc2cc(F)cc(F)c2)c1. The minimum absolute atomic E-state index is 0.439. The van der Waals surface area contributed by atoms with E-state index >= 15 is 0 Å². The minimum Gasteiger partial charge on any atom is -0.311 e. The van der Waals surface area contributed by atoms with E-state index in [2.05, 4.69) is 10.4 Å². The second-order valence-electron chi connectivity index (χ2n) is 4.24. The smallest absolute Gasteiger partial charge is 0.126 e. The van der Waals surface area contributed by atoms with Crippen molar-refractivity contribution in [2.45, 2.75) is 20.0 Å². The van der Waals surface area contributed by atoms with E-state index in [1.54, 1.807) is 6.20 Å². The van der Waals surface area contributed by atoms with Gasteiger partial charge in [-0.2, -0.15) is 5.10 Å². The van der Waals surface area contributed by atoms with Gasteiger partial charge in [0.05, 0.1) is 12.7 Å². The van der Waals surface area contributed by atoms with E-state index in [1.165, 1.54) is 12.1 Å². The van der Waals surface area contributed by atoms with Gasteiger partial charge in [0.25, 0.3) is 0 Å². The predicted molar refractivity (Wildman–Crippen MR) is 65.0 cm³/mol. The zero-order valence-corrected chi connectivity index (χ0v) is 10.2. The molecule has 1 heterocycles. The summed E-state index contributed by atoms with van der Waals surface area (Å²) in [5, 5.41) is 7.26. The van der Waals surface area contributed by atoms with Crippen molar-refractivity contribution in [1.82, 2.24) is 15.1 Å². The average Bonchev–Trinajstić information content (AvgIpc) is 2.69. The Bertz CT molecular complexity index is 502. The van der Waals surface area contributed by atoms with Crippen LogP contribution in [0.2, 0.25) is 0 Å². The molecule has 96 valence electrons. The van der Waals surface area contributed by atoms with Gasteiger partial charge in [0.1, 0.15) is 11.6 Å². The Labute approximate surface area is 104 Å². The molecule has 18 heavy (non-hydrogen) atoms. The van der Waals surface area contributed by atoms with Gasteiger partial charge in [-0.3, -0.25) is 4.68 Å². The standard InChI is InChI=1S/C13H15F2N3/c1-10-7-17-18(9-10)3-2-16-8-11-4-12(14)6-13(15)5-11/h4-7,9,16H,2-3,8H2,1H3. The van der Waals surface area contributed by atoms with Crippen LogP contribution in [0.25, 0.3) is 0 Å². The lowest BCUT2D eigenvalue weighted by Gasteiger charge is -2.05. The number of halogens is 2. The second-order valence-corrected chi connectivity index (χ2v) is 4.24. The number of hydrogen-bond acceptors (Lipinski definition) is 2. The number of nitrogens with one attached hydrogen (secondary N) is 1. The third-order valence-corrected chi connectivity index (χ3v) is 2.53. The summed E-state index contributed by atoms with van der Waals surface area (Å²) in [5.74, 6) is -1.09. The Hall–Kier alpha value is -1.75. The average molecular weight is 251 g/mol. The molecule has 0 fully saturated rings. The topological polar surface area (TPSA) is 29.9 Å². The number of aromatic nitrogens is 2. The summed E-state index contributed by atoms with van der Waals surface area (Å²) in [5.41, 5.74) is 1.71. The second kappa shape index (κ2) is 5.73. The molecule has 0 aliphatic rings. The van der Waals surface area contributed by atoms with Crippen molar-refractivity contribution in [3.05, 3.63) is 53.4 Å². The van der Waals surface area contributed by atoms with Crippen molar-refractivity contribution in [2.75, 3.05) is 6.54 Å². The molecule has 5 heteroatoms. The molecule has 0 aliphatic carbocycles. The van der Waals surface area contributed by atoms with Gasteiger partial charge < -0.3 is 5.32 Å². The normalized spacial score (nSPS) is 10.8. The van der Waals surface area contributed by atoms with E-state index < -0.39 is 11.6 Å². The van der Waals surface area contributed by atoms with E-state index in [9.17, 15) is 8.78 Å². The molecule has 0 amide bonds. The molecule has 2 rings (SSSR count). The third-order valence-electron chi connectivity index (χ3n) is 2.53. The first-order valence-corrected chi connectivity index (χ1v) is 5.78. The quantitative estimate of drug-likeness (QED) is 0.826. The summed E-state index contributed by atoms with van der Waals surface area (Å²) < 4.78 is 27.7. The molecule has 0 spiro atoms. The molecule has 1 aromatic carbocycles. The lowest BCUT2D eigenvalue weighted by molar-refractivity contribution is 0.547. The van der Waals surface area contributed by atoms with Crippen LogP contribution in [0, 0.1) is 18.6 Å². The van der Waals surface area contributed by atoms with Crippen LogP contribution in [0.3, 0.4) is 0 Å². The number of rotatable bonds is 5. The fourth-order valence-corrected chi connectivity index (χ4v) is 1.73. The summed E-state index contributed by atoms with van der Waals surface area (Å²) in [4.78, 5) is 0. The Morgan fingerprint density at radius 3 is 2.56 bits per heavy atom. The number of aryl methyl sites for hydroxylation is 1. The van der Waals surface area contributed by atoms with Crippen molar-refractivity contribution in [3.63, 3.8) is 0 Å². The summed E-state index contributed by atoms with van der Waals surface area (Å²) in [6.07, 6.45) is 3.74. The zero-order valence-electron chi connectivity index (χ0n) is 10.2. The van der Waals surface area contributed by atoms with Crippen LogP contribution in [0.1, 0.15) is 11.1 Å². The van der Waals surface area contributed by atoms with E-state index in [0.29, 0.717) is 18.7 Å². The summed E-state index contributed by atoms with van der Waals surface area (Å²) in [7, 11) is 0. The van der Waals surface area contributed by atoms with Crippen molar-refractivity contribution in [2.24, 2.45) is 0 Å². The van der Waals surface area contributed by atoms with E-state index in [1.807, 2.05) is 17.8 Å². The first kappa shape index (κ1) is 12.7. The highest BCUT2D eigenvalue weighted by atomic mass is 19.1. The van der Waals surface area contributed by atoms with Gasteiger partial charge in [-0.05, 0) is 30.2 Å². The highest BCUT2D eigenvalue weighted by Crippen LogP contribution is 2.07. The van der Waals surface area contributed by atoms with Crippen LogP contribution in [-0.4, -0.2) is 16.3 Å². The molecule has 1 aromatic heterocycles. The lowest BCUT2D eigenvalue weighted by atomic mass is 10.2. The van der Waals surface area contributed by atoms with Gasteiger partial charge in [-0.15, -0.1) is 0 Å². The van der Waals surface area contributed by atoms with Gasteiger partial charge in [0.15, 0.2) is 0 Å². The number of hydrogen-bond donors (Lipinski definition) is 1. The fourth-order valence-electron chi connectivity index (χ4n) is 1.73. The summed E-state index contributed by atoms with van der Waals surface area (Å²) >= 11 is 0. The first-order chi connectivity index (χ1) is 8.63. The molecule has 0 unspecified atom stereocenters. The molecule has 3 nitrogen and oxygen atoms in total. The molecule has 0 aliphatic heterocycles. The highest BCUT2D eigenvalue weighted by Gasteiger charge is 2.00. The molecular weight excluding hydrogens is 236 g/mol. The van der Waals surface area contributed by atoms with Crippen LogP contribution in [0.5, 0.6) is 0 Å². The van der Waals surface area contributed by atoms with E-state index in [0.717, 1.165) is 18.2 Å². The molecule has 0 saturated carbocycles. The van der Waals surface area contributed by atoms with E-state index in [-0.39, 0.29) is 0 Å². The maximum Gasteiger partial charge on any atom is 0.126 e. The van der Waals surface area contributed by atoms with Crippen molar-refractivity contribution in [3.8, 4) is 0 Å². The lowest BCUT2D eigenvalue weighted by Crippen LogP contribution is -2.19. The molecule has 0 atom stereocenters. The highest BCUT2D eigenvalue weighted by molar-refractivity contribution is 5.17. The largest absolute Gasteiger partial charge is 0.311 e. The van der Waals surface area contributed by atoms with Crippen LogP contribution < -0.4 is 5.32 Å². The Kier molecular flexibility index (Phi) is 4.04. The van der Waals surface area contributed by atoms with Gasteiger partial charge in [0.2, 0.25) is 0 Å². The first-order valence-electron chi connectivity index (χ1n) is 5.78. The molecule has 2 aromatic rings. The fraction of sp³-hybridized carbons (Fsp3) is 0.308. The van der Waals surface area contributed by atoms with Gasteiger partial charge >= 0.3 is 0 Å². The summed E-state index contributed by atoms with van der Waals surface area (Å²) in [6.45, 7) is 3.84. The molecule has 0 saturated heterocycles. The van der Waals surface area contributed by atoms with Crippen LogP contribution in [0.4, 0.5) is 8.78 Å². The summed E-state index contributed by atoms with van der Waals surface area (Å²) in [6, 6.07) is 3.53. The number of benzene rings is 1. The maximum atomic E-state index is 12.9. The van der Waals surface area contributed by atoms with Gasteiger partial charge in [0, 0.05) is 25.4 Å². The van der Waals surface area contributed by atoms with Crippen LogP contribution in [0.15, 0.2) is 30.6 Å². The van der Waals surface area contributed by atoms with Gasteiger partial charge in [-0.1, -0.05) is 0 Å². The van der Waals surface area contributed by atoms with Gasteiger partial charge in [-0.25, -0.2) is 8.78 Å². The van der Waals surface area contributed by atoms with Crippen molar-refractivity contribution >= 4 is 0 Å². The third kappa shape index (κ3) is 3.63. The van der Waals surface area contributed by atoms with Crippen molar-refractivity contribution < 1.29 is 8.78 Å². The molecular formula is C13H15F2N3. The Morgan fingerprint density at radius 2 is 1.94 bits per heavy atom. The van der Waals surface area contributed by atoms with Crippen molar-refractivity contribution in [1.29, 1.82) is 0 Å². The zero-order chi connectivity index (χ0) is 13.0. The van der Waals surface area contributed by atoms with Crippen LogP contribution in [-0.2, 0) is 13.1 Å². The molecule has 0 bridgehead atoms. The Morgan fingerprint density at radius 1 is 1.22 bits per heavy atom. The minimum atomic E-state index is -0.547. The monoisotopic (exact) mass is 251 g/mol. The van der Waals surface area contributed by atoms with E-state index in [4.69, 9.17) is 0 Å².